The number of aryl methyl sites for hydroxylation is 1. The molecule has 0 aliphatic carbocycles. The molecule has 0 spiro atoms. The molecule has 0 aliphatic heterocycles. The Balaban J connectivity index is 2.89. The van der Waals surface area contributed by atoms with Crippen LogP contribution >= 0.6 is 0 Å². The molecule has 0 radical (unpaired) electrons. The Morgan fingerprint density at radius 1 is 1.11 bits per heavy atom. The standard InChI is InChI=1S/C16H24O3/c1-3-5-7-9-13-10-8-12-15(19-16(17)18)14(13)11-6-4-2/h8,10,12H,3-7,9,11H2,1-2H3,(H,17,18). The number of carbonyl (C=O) groups is 1. The molecule has 0 bridgehead atoms. The molecule has 1 aromatic rings. The summed E-state index contributed by atoms with van der Waals surface area (Å²) in [6.45, 7) is 4.32. The van der Waals surface area contributed by atoms with Crippen LogP contribution in [0.25, 0.3) is 0 Å². The lowest BCUT2D eigenvalue weighted by molar-refractivity contribution is 0.144. The molecule has 0 fully saturated rings. The van der Waals surface area contributed by atoms with Gasteiger partial charge in [0.25, 0.3) is 0 Å². The summed E-state index contributed by atoms with van der Waals surface area (Å²) in [7, 11) is 0. The lowest BCUT2D eigenvalue weighted by Gasteiger charge is -2.13. The van der Waals surface area contributed by atoms with Crippen molar-refractivity contribution in [3.05, 3.63) is 29.3 Å². The molecule has 0 aliphatic rings. The van der Waals surface area contributed by atoms with Crippen LogP contribution < -0.4 is 4.74 Å². The van der Waals surface area contributed by atoms with Crippen LogP contribution in [0.3, 0.4) is 0 Å². The van der Waals surface area contributed by atoms with Gasteiger partial charge in [-0.15, -0.1) is 0 Å². The Kier molecular flexibility index (Phi) is 7.01. The molecular formula is C16H24O3. The molecule has 0 saturated heterocycles. The summed E-state index contributed by atoms with van der Waals surface area (Å²) >= 11 is 0. The van der Waals surface area contributed by atoms with Gasteiger partial charge in [-0.05, 0) is 42.9 Å². The first-order valence-corrected chi connectivity index (χ1v) is 7.20. The van der Waals surface area contributed by atoms with E-state index in [1.807, 2.05) is 6.07 Å². The molecule has 0 amide bonds. The molecule has 1 aromatic carbocycles. The SMILES string of the molecule is CCCCCc1cccc(OC(=O)O)c1CCCC. The van der Waals surface area contributed by atoms with E-state index in [9.17, 15) is 4.79 Å². The van der Waals surface area contributed by atoms with E-state index in [4.69, 9.17) is 9.84 Å². The highest BCUT2D eigenvalue weighted by atomic mass is 16.7. The van der Waals surface area contributed by atoms with E-state index in [0.717, 1.165) is 37.7 Å². The molecule has 0 aromatic heterocycles. The molecular weight excluding hydrogens is 240 g/mol. The number of hydrogen-bond acceptors (Lipinski definition) is 2. The van der Waals surface area contributed by atoms with Gasteiger partial charge in [0.2, 0.25) is 0 Å². The second-order valence-corrected chi connectivity index (χ2v) is 4.82. The van der Waals surface area contributed by atoms with E-state index >= 15 is 0 Å². The van der Waals surface area contributed by atoms with Crippen molar-refractivity contribution in [2.45, 2.75) is 58.8 Å². The third-order valence-electron chi connectivity index (χ3n) is 3.26. The van der Waals surface area contributed by atoms with Crippen LogP contribution in [-0.4, -0.2) is 11.3 Å². The van der Waals surface area contributed by atoms with E-state index < -0.39 is 6.16 Å². The van der Waals surface area contributed by atoms with Gasteiger partial charge in [-0.3, -0.25) is 0 Å². The number of hydrogen-bond donors (Lipinski definition) is 1. The average Bonchev–Trinajstić information content (AvgIpc) is 2.37. The third kappa shape index (κ3) is 5.33. The normalized spacial score (nSPS) is 10.4. The van der Waals surface area contributed by atoms with Crippen molar-refractivity contribution < 1.29 is 14.6 Å². The predicted molar refractivity (Wildman–Crippen MR) is 76.9 cm³/mol. The number of benzene rings is 1. The van der Waals surface area contributed by atoms with Crippen LogP contribution in [0.1, 0.15) is 57.1 Å². The zero-order valence-corrected chi connectivity index (χ0v) is 11.9. The smallest absolute Gasteiger partial charge is 0.449 e. The highest BCUT2D eigenvalue weighted by Crippen LogP contribution is 2.26. The Morgan fingerprint density at radius 2 is 1.84 bits per heavy atom. The summed E-state index contributed by atoms with van der Waals surface area (Å²) < 4.78 is 4.91. The first kappa shape index (κ1) is 15.5. The van der Waals surface area contributed by atoms with Crippen molar-refractivity contribution in [3.63, 3.8) is 0 Å². The minimum atomic E-state index is -1.23. The van der Waals surface area contributed by atoms with Gasteiger partial charge in [-0.2, -0.15) is 0 Å². The van der Waals surface area contributed by atoms with Crippen molar-refractivity contribution in [1.29, 1.82) is 0 Å². The number of unbranched alkanes of at least 4 members (excludes halogenated alkanes) is 3. The van der Waals surface area contributed by atoms with Gasteiger partial charge in [0, 0.05) is 0 Å². The highest BCUT2D eigenvalue weighted by Gasteiger charge is 2.11. The molecule has 3 nitrogen and oxygen atoms in total. The zero-order valence-electron chi connectivity index (χ0n) is 11.9. The van der Waals surface area contributed by atoms with E-state index in [0.29, 0.717) is 5.75 Å². The lowest BCUT2D eigenvalue weighted by atomic mass is 9.96. The molecule has 0 heterocycles. The second-order valence-electron chi connectivity index (χ2n) is 4.82. The fourth-order valence-electron chi connectivity index (χ4n) is 2.24. The minimum Gasteiger partial charge on any atom is -0.449 e. The molecule has 3 heteroatoms. The quantitative estimate of drug-likeness (QED) is 0.416. The maximum atomic E-state index is 10.7. The summed E-state index contributed by atoms with van der Waals surface area (Å²) in [5.74, 6) is 0.509. The Hall–Kier alpha value is -1.51. The topological polar surface area (TPSA) is 46.5 Å². The molecule has 1 N–H and O–H groups in total. The van der Waals surface area contributed by atoms with Gasteiger partial charge in [0.05, 0.1) is 0 Å². The van der Waals surface area contributed by atoms with Crippen LogP contribution in [0.5, 0.6) is 5.75 Å². The maximum absolute atomic E-state index is 10.7. The fourth-order valence-corrected chi connectivity index (χ4v) is 2.24. The Bertz CT molecular complexity index is 399. The van der Waals surface area contributed by atoms with Gasteiger partial charge >= 0.3 is 6.16 Å². The van der Waals surface area contributed by atoms with Gasteiger partial charge in [0.15, 0.2) is 0 Å². The lowest BCUT2D eigenvalue weighted by Crippen LogP contribution is -2.07. The van der Waals surface area contributed by atoms with Gasteiger partial charge in [0.1, 0.15) is 5.75 Å². The second kappa shape index (κ2) is 8.57. The largest absolute Gasteiger partial charge is 0.511 e. The summed E-state index contributed by atoms with van der Waals surface area (Å²) in [6.07, 6.45) is 6.35. The number of ether oxygens (including phenoxy) is 1. The van der Waals surface area contributed by atoms with Crippen molar-refractivity contribution >= 4 is 6.16 Å². The molecule has 19 heavy (non-hydrogen) atoms. The van der Waals surface area contributed by atoms with Crippen molar-refractivity contribution in [2.75, 3.05) is 0 Å². The number of rotatable bonds is 8. The fraction of sp³-hybridized carbons (Fsp3) is 0.562. The van der Waals surface area contributed by atoms with E-state index in [-0.39, 0.29) is 0 Å². The molecule has 106 valence electrons. The van der Waals surface area contributed by atoms with E-state index in [1.54, 1.807) is 6.07 Å². The van der Waals surface area contributed by atoms with Crippen LogP contribution in [0, 0.1) is 0 Å². The monoisotopic (exact) mass is 264 g/mol. The Labute approximate surface area is 115 Å². The summed E-state index contributed by atoms with van der Waals surface area (Å²) in [5.41, 5.74) is 2.31. The average molecular weight is 264 g/mol. The van der Waals surface area contributed by atoms with Crippen molar-refractivity contribution in [1.82, 2.24) is 0 Å². The summed E-state index contributed by atoms with van der Waals surface area (Å²) in [4.78, 5) is 10.7. The molecule has 0 atom stereocenters. The molecule has 0 unspecified atom stereocenters. The third-order valence-corrected chi connectivity index (χ3v) is 3.26. The van der Waals surface area contributed by atoms with E-state index in [1.165, 1.54) is 18.4 Å². The highest BCUT2D eigenvalue weighted by molar-refractivity contribution is 5.62. The first-order valence-electron chi connectivity index (χ1n) is 7.20. The summed E-state index contributed by atoms with van der Waals surface area (Å²) in [6, 6.07) is 5.73. The Morgan fingerprint density at radius 3 is 2.47 bits per heavy atom. The number of carboxylic acid groups (broad SMARTS) is 1. The van der Waals surface area contributed by atoms with Gasteiger partial charge < -0.3 is 9.84 Å². The van der Waals surface area contributed by atoms with Crippen LogP contribution in [0.4, 0.5) is 4.79 Å². The van der Waals surface area contributed by atoms with Crippen molar-refractivity contribution in [3.8, 4) is 5.75 Å². The van der Waals surface area contributed by atoms with E-state index in [2.05, 4.69) is 19.9 Å². The zero-order chi connectivity index (χ0) is 14.1. The molecule has 0 saturated carbocycles. The first-order chi connectivity index (χ1) is 9.19. The summed E-state index contributed by atoms with van der Waals surface area (Å²) in [5, 5.41) is 8.80. The predicted octanol–water partition coefficient (Wildman–Crippen LogP) is 4.82. The maximum Gasteiger partial charge on any atom is 0.511 e. The van der Waals surface area contributed by atoms with Gasteiger partial charge in [-0.25, -0.2) is 4.79 Å². The van der Waals surface area contributed by atoms with Crippen LogP contribution in [0.15, 0.2) is 18.2 Å². The molecule has 1 rings (SSSR count). The van der Waals surface area contributed by atoms with Crippen LogP contribution in [0.2, 0.25) is 0 Å². The minimum absolute atomic E-state index is 0.509. The van der Waals surface area contributed by atoms with Crippen molar-refractivity contribution in [2.24, 2.45) is 0 Å². The van der Waals surface area contributed by atoms with Gasteiger partial charge in [-0.1, -0.05) is 45.2 Å². The van der Waals surface area contributed by atoms with Crippen LogP contribution in [-0.2, 0) is 12.8 Å².